The van der Waals surface area contributed by atoms with Crippen molar-refractivity contribution in [2.75, 3.05) is 6.54 Å². The Morgan fingerprint density at radius 3 is 2.76 bits per heavy atom. The molecule has 1 aromatic rings. The molecule has 17 heavy (non-hydrogen) atoms. The molecular weight excluding hydrogens is 212 g/mol. The average molecular weight is 238 g/mol. The molecule has 0 aliphatic rings. The van der Waals surface area contributed by atoms with Gasteiger partial charge in [0.1, 0.15) is 12.2 Å². The average Bonchev–Trinajstić information content (AvgIpc) is 2.74. The molecule has 0 radical (unpaired) electrons. The zero-order valence-corrected chi connectivity index (χ0v) is 11.4. The van der Waals surface area contributed by atoms with Crippen LogP contribution in [0.15, 0.2) is 6.33 Å². The van der Waals surface area contributed by atoms with Crippen molar-refractivity contribution in [2.45, 2.75) is 65.5 Å². The lowest BCUT2D eigenvalue weighted by molar-refractivity contribution is 0.448. The van der Waals surface area contributed by atoms with Crippen LogP contribution in [0.1, 0.15) is 52.3 Å². The summed E-state index contributed by atoms with van der Waals surface area (Å²) in [6, 6.07) is 0.541. The van der Waals surface area contributed by atoms with Crippen molar-refractivity contribution in [1.82, 2.24) is 20.1 Å². The molecule has 0 aliphatic heterocycles. The lowest BCUT2D eigenvalue weighted by atomic mass is 10.1. The highest BCUT2D eigenvalue weighted by atomic mass is 15.3. The molecule has 1 unspecified atom stereocenters. The van der Waals surface area contributed by atoms with Crippen molar-refractivity contribution in [3.05, 3.63) is 12.2 Å². The summed E-state index contributed by atoms with van der Waals surface area (Å²) in [5.74, 6) is 1.12. The Bertz CT molecular complexity index is 295. The highest BCUT2D eigenvalue weighted by Crippen LogP contribution is 2.07. The Balaban J connectivity index is 2.54. The fourth-order valence-corrected chi connectivity index (χ4v) is 2.08. The Hall–Kier alpha value is -0.900. The fourth-order valence-electron chi connectivity index (χ4n) is 2.08. The molecule has 0 saturated carbocycles. The Kier molecular flexibility index (Phi) is 6.86. The van der Waals surface area contributed by atoms with E-state index in [1.54, 1.807) is 6.33 Å². The smallest absolute Gasteiger partial charge is 0.138 e. The van der Waals surface area contributed by atoms with Gasteiger partial charge >= 0.3 is 0 Å². The molecule has 0 aliphatic carbocycles. The minimum absolute atomic E-state index is 0.541. The summed E-state index contributed by atoms with van der Waals surface area (Å²) in [7, 11) is 0. The van der Waals surface area contributed by atoms with Gasteiger partial charge in [0.15, 0.2) is 0 Å². The van der Waals surface area contributed by atoms with Crippen LogP contribution in [0, 0.1) is 0 Å². The van der Waals surface area contributed by atoms with Gasteiger partial charge in [-0.2, -0.15) is 5.10 Å². The van der Waals surface area contributed by atoms with Gasteiger partial charge in [-0.25, -0.2) is 4.98 Å². The van der Waals surface area contributed by atoms with Crippen molar-refractivity contribution < 1.29 is 0 Å². The molecule has 0 spiro atoms. The standard InChI is InChI=1S/C13H26N4/c1-4-7-8-12(14-6-3)10-13-15-11-16-17(13)9-5-2/h11-12,14H,4-10H2,1-3H3. The van der Waals surface area contributed by atoms with Crippen LogP contribution in [0.25, 0.3) is 0 Å². The van der Waals surface area contributed by atoms with Gasteiger partial charge in [0.05, 0.1) is 0 Å². The van der Waals surface area contributed by atoms with Crippen LogP contribution in [-0.2, 0) is 13.0 Å². The van der Waals surface area contributed by atoms with E-state index in [9.17, 15) is 0 Å². The SMILES string of the molecule is CCCCC(Cc1ncnn1CCC)NCC. The van der Waals surface area contributed by atoms with E-state index in [0.717, 1.165) is 31.8 Å². The minimum atomic E-state index is 0.541. The third-order valence-electron chi connectivity index (χ3n) is 2.96. The van der Waals surface area contributed by atoms with Crippen molar-refractivity contribution in [1.29, 1.82) is 0 Å². The van der Waals surface area contributed by atoms with Gasteiger partial charge in [-0.15, -0.1) is 0 Å². The van der Waals surface area contributed by atoms with E-state index in [1.165, 1.54) is 19.3 Å². The number of rotatable bonds is 9. The van der Waals surface area contributed by atoms with Crippen LogP contribution in [0.2, 0.25) is 0 Å². The summed E-state index contributed by atoms with van der Waals surface area (Å²) in [6.45, 7) is 8.57. The highest BCUT2D eigenvalue weighted by molar-refractivity contribution is 4.89. The Morgan fingerprint density at radius 1 is 1.29 bits per heavy atom. The minimum Gasteiger partial charge on any atom is -0.314 e. The third-order valence-corrected chi connectivity index (χ3v) is 2.96. The maximum Gasteiger partial charge on any atom is 0.138 e. The first-order valence-electron chi connectivity index (χ1n) is 6.91. The number of aromatic nitrogens is 3. The first-order chi connectivity index (χ1) is 8.31. The summed E-state index contributed by atoms with van der Waals surface area (Å²) in [6.07, 6.45) is 7.53. The molecule has 0 fully saturated rings. The van der Waals surface area contributed by atoms with Gasteiger partial charge in [0.2, 0.25) is 0 Å². The third kappa shape index (κ3) is 4.86. The lowest BCUT2D eigenvalue weighted by Gasteiger charge is -2.17. The van der Waals surface area contributed by atoms with Gasteiger partial charge in [0, 0.05) is 19.0 Å². The largest absolute Gasteiger partial charge is 0.314 e. The van der Waals surface area contributed by atoms with E-state index in [4.69, 9.17) is 0 Å². The number of nitrogens with one attached hydrogen (secondary N) is 1. The molecule has 0 amide bonds. The molecular formula is C13H26N4. The predicted molar refractivity (Wildman–Crippen MR) is 71.0 cm³/mol. The summed E-state index contributed by atoms with van der Waals surface area (Å²) in [5, 5.41) is 7.82. The second kappa shape index (κ2) is 8.23. The Morgan fingerprint density at radius 2 is 2.12 bits per heavy atom. The fraction of sp³-hybridized carbons (Fsp3) is 0.846. The number of hydrogen-bond acceptors (Lipinski definition) is 3. The van der Waals surface area contributed by atoms with E-state index in [2.05, 4.69) is 36.2 Å². The number of aryl methyl sites for hydroxylation is 1. The topological polar surface area (TPSA) is 42.7 Å². The van der Waals surface area contributed by atoms with Gasteiger partial charge < -0.3 is 5.32 Å². The number of likely N-dealkylation sites (N-methyl/N-ethyl adjacent to an activating group) is 1. The van der Waals surface area contributed by atoms with Gasteiger partial charge in [-0.3, -0.25) is 4.68 Å². The molecule has 1 N–H and O–H groups in total. The van der Waals surface area contributed by atoms with Crippen molar-refractivity contribution >= 4 is 0 Å². The zero-order valence-electron chi connectivity index (χ0n) is 11.4. The molecule has 98 valence electrons. The van der Waals surface area contributed by atoms with Crippen LogP contribution in [0.4, 0.5) is 0 Å². The van der Waals surface area contributed by atoms with Crippen LogP contribution in [0.5, 0.6) is 0 Å². The lowest BCUT2D eigenvalue weighted by Crippen LogP contribution is -2.32. The molecule has 1 rings (SSSR count). The van der Waals surface area contributed by atoms with Crippen LogP contribution >= 0.6 is 0 Å². The molecule has 0 bridgehead atoms. The van der Waals surface area contributed by atoms with E-state index in [0.29, 0.717) is 6.04 Å². The van der Waals surface area contributed by atoms with E-state index in [1.807, 2.05) is 4.68 Å². The summed E-state index contributed by atoms with van der Waals surface area (Å²) in [5.41, 5.74) is 0. The van der Waals surface area contributed by atoms with Gasteiger partial charge in [-0.05, 0) is 19.4 Å². The van der Waals surface area contributed by atoms with Crippen molar-refractivity contribution in [2.24, 2.45) is 0 Å². The van der Waals surface area contributed by atoms with Gasteiger partial charge in [-0.1, -0.05) is 33.6 Å². The zero-order chi connectivity index (χ0) is 12.5. The quantitative estimate of drug-likeness (QED) is 0.718. The molecule has 4 heteroatoms. The molecule has 0 aromatic carbocycles. The summed E-state index contributed by atoms with van der Waals surface area (Å²) >= 11 is 0. The van der Waals surface area contributed by atoms with Crippen molar-refractivity contribution in [3.63, 3.8) is 0 Å². The first kappa shape index (κ1) is 14.2. The number of hydrogen-bond donors (Lipinski definition) is 1. The monoisotopic (exact) mass is 238 g/mol. The van der Waals surface area contributed by atoms with Gasteiger partial charge in [0.25, 0.3) is 0 Å². The van der Waals surface area contributed by atoms with Crippen LogP contribution in [-0.4, -0.2) is 27.4 Å². The van der Waals surface area contributed by atoms with E-state index >= 15 is 0 Å². The molecule has 1 aromatic heterocycles. The van der Waals surface area contributed by atoms with Crippen LogP contribution < -0.4 is 5.32 Å². The molecule has 1 atom stereocenters. The van der Waals surface area contributed by atoms with E-state index < -0.39 is 0 Å². The highest BCUT2D eigenvalue weighted by Gasteiger charge is 2.12. The summed E-state index contributed by atoms with van der Waals surface area (Å²) < 4.78 is 2.04. The maximum atomic E-state index is 4.38. The second-order valence-electron chi connectivity index (χ2n) is 4.50. The normalized spacial score (nSPS) is 12.9. The van der Waals surface area contributed by atoms with E-state index in [-0.39, 0.29) is 0 Å². The number of nitrogens with zero attached hydrogens (tertiary/aromatic N) is 3. The molecule has 0 saturated heterocycles. The predicted octanol–water partition coefficient (Wildman–Crippen LogP) is 2.40. The number of unbranched alkanes of at least 4 members (excludes halogenated alkanes) is 1. The second-order valence-corrected chi connectivity index (χ2v) is 4.50. The first-order valence-corrected chi connectivity index (χ1v) is 6.91. The molecule has 4 nitrogen and oxygen atoms in total. The summed E-state index contributed by atoms with van der Waals surface area (Å²) in [4.78, 5) is 4.38. The maximum absolute atomic E-state index is 4.38. The van der Waals surface area contributed by atoms with Crippen LogP contribution in [0.3, 0.4) is 0 Å². The Labute approximate surface area is 105 Å². The molecule has 1 heterocycles. The van der Waals surface area contributed by atoms with Crippen molar-refractivity contribution in [3.8, 4) is 0 Å².